The molecule has 1 aromatic carbocycles. The van der Waals surface area contributed by atoms with Crippen LogP contribution in [0.2, 0.25) is 0 Å². The van der Waals surface area contributed by atoms with Crippen molar-refractivity contribution in [2.75, 3.05) is 13.1 Å². The number of rotatable bonds is 1. The van der Waals surface area contributed by atoms with E-state index in [1.807, 2.05) is 24.2 Å². The number of benzene rings is 1. The Morgan fingerprint density at radius 1 is 1.25 bits per heavy atom. The van der Waals surface area contributed by atoms with Crippen LogP contribution < -0.4 is 4.74 Å². The molecule has 1 atom stereocenters. The smallest absolute Gasteiger partial charge is 0.254 e. The van der Waals surface area contributed by atoms with Gasteiger partial charge >= 0.3 is 0 Å². The minimum Gasteiger partial charge on any atom is -0.483 e. The Morgan fingerprint density at radius 3 is 2.79 bits per heavy atom. The van der Waals surface area contributed by atoms with Gasteiger partial charge in [0.1, 0.15) is 17.4 Å². The molecule has 0 radical (unpaired) electrons. The number of carbonyl (C=O) groups excluding carboxylic acids is 1. The van der Waals surface area contributed by atoms with Gasteiger partial charge in [-0.2, -0.15) is 5.10 Å². The minimum absolute atomic E-state index is 0.145. The van der Waals surface area contributed by atoms with E-state index in [9.17, 15) is 9.90 Å². The first-order valence-electron chi connectivity index (χ1n) is 10.3. The van der Waals surface area contributed by atoms with Crippen molar-refractivity contribution in [1.82, 2.24) is 14.7 Å². The summed E-state index contributed by atoms with van der Waals surface area (Å²) in [4.78, 5) is 15.2. The number of hydrogen-bond donors (Lipinski definition) is 1. The van der Waals surface area contributed by atoms with Crippen LogP contribution in [-0.2, 0) is 19.9 Å². The molecular weight excluding hydrogens is 354 g/mol. The third-order valence-electron chi connectivity index (χ3n) is 6.74. The number of carbonyl (C=O) groups is 1. The summed E-state index contributed by atoms with van der Waals surface area (Å²) in [6, 6.07) is 4.10. The van der Waals surface area contributed by atoms with Gasteiger partial charge in [-0.25, -0.2) is 0 Å². The number of hydrogen-bond acceptors (Lipinski definition) is 4. The zero-order chi connectivity index (χ0) is 19.5. The molecule has 28 heavy (non-hydrogen) atoms. The molecule has 148 valence electrons. The SMILES string of the molecule is Cc1ccc(C(=O)N2CCC3(CC2)CC(O)c2nn(C)cc2O3)c2c1CCC2. The summed E-state index contributed by atoms with van der Waals surface area (Å²) in [7, 11) is 1.84. The summed E-state index contributed by atoms with van der Waals surface area (Å²) in [5.74, 6) is 0.823. The molecule has 0 bridgehead atoms. The lowest BCUT2D eigenvalue weighted by molar-refractivity contribution is -0.0504. The summed E-state index contributed by atoms with van der Waals surface area (Å²) in [6.45, 7) is 3.45. The summed E-state index contributed by atoms with van der Waals surface area (Å²) < 4.78 is 7.98. The molecule has 0 saturated carbocycles. The van der Waals surface area contributed by atoms with Crippen LogP contribution in [0.25, 0.3) is 0 Å². The van der Waals surface area contributed by atoms with E-state index in [1.54, 1.807) is 4.68 Å². The van der Waals surface area contributed by atoms with Crippen LogP contribution in [0.4, 0.5) is 0 Å². The van der Waals surface area contributed by atoms with Crippen molar-refractivity contribution in [3.05, 3.63) is 46.3 Å². The van der Waals surface area contributed by atoms with Gasteiger partial charge in [0.2, 0.25) is 0 Å². The van der Waals surface area contributed by atoms with Gasteiger partial charge in [-0.05, 0) is 48.9 Å². The third kappa shape index (κ3) is 2.73. The molecular formula is C22H27N3O3. The molecule has 1 spiro atoms. The molecule has 2 aliphatic heterocycles. The van der Waals surface area contributed by atoms with Gasteiger partial charge in [0, 0.05) is 45.0 Å². The second kappa shape index (κ2) is 6.34. The van der Waals surface area contributed by atoms with Crippen molar-refractivity contribution in [3.63, 3.8) is 0 Å². The number of fused-ring (bicyclic) bond motifs is 2. The number of nitrogens with zero attached hydrogens (tertiary/aromatic N) is 3. The van der Waals surface area contributed by atoms with Crippen LogP contribution in [0.15, 0.2) is 18.3 Å². The Labute approximate surface area is 165 Å². The Kier molecular flexibility index (Phi) is 4.02. The van der Waals surface area contributed by atoms with Crippen LogP contribution >= 0.6 is 0 Å². The van der Waals surface area contributed by atoms with E-state index in [1.165, 1.54) is 16.7 Å². The number of piperidine rings is 1. The highest BCUT2D eigenvalue weighted by molar-refractivity contribution is 5.96. The largest absolute Gasteiger partial charge is 0.483 e. The lowest BCUT2D eigenvalue weighted by Gasteiger charge is -2.44. The molecule has 1 N–H and O–H groups in total. The Balaban J connectivity index is 1.33. The second-order valence-electron chi connectivity index (χ2n) is 8.59. The van der Waals surface area contributed by atoms with Crippen LogP contribution in [0.1, 0.15) is 64.5 Å². The maximum atomic E-state index is 13.2. The van der Waals surface area contributed by atoms with Crippen molar-refractivity contribution < 1.29 is 14.6 Å². The Hall–Kier alpha value is -2.34. The minimum atomic E-state index is -0.604. The van der Waals surface area contributed by atoms with Gasteiger partial charge in [0.25, 0.3) is 5.91 Å². The van der Waals surface area contributed by atoms with E-state index in [-0.39, 0.29) is 5.91 Å². The average Bonchev–Trinajstić information content (AvgIpc) is 3.29. The van der Waals surface area contributed by atoms with Gasteiger partial charge in [-0.15, -0.1) is 0 Å². The summed E-state index contributed by atoms with van der Waals surface area (Å²) >= 11 is 0. The molecule has 1 amide bonds. The molecule has 1 fully saturated rings. The van der Waals surface area contributed by atoms with Gasteiger partial charge in [0.15, 0.2) is 5.75 Å². The van der Waals surface area contributed by atoms with Crippen LogP contribution in [0.5, 0.6) is 5.75 Å². The van der Waals surface area contributed by atoms with E-state index in [0.29, 0.717) is 31.0 Å². The highest BCUT2D eigenvalue weighted by atomic mass is 16.5. The molecule has 6 nitrogen and oxygen atoms in total. The fourth-order valence-corrected chi connectivity index (χ4v) is 5.20. The van der Waals surface area contributed by atoms with E-state index in [2.05, 4.69) is 18.1 Å². The fraction of sp³-hybridized carbons (Fsp3) is 0.545. The zero-order valence-corrected chi connectivity index (χ0v) is 16.6. The Morgan fingerprint density at radius 2 is 2.00 bits per heavy atom. The first kappa shape index (κ1) is 17.7. The molecule has 3 aliphatic rings. The Bertz CT molecular complexity index is 941. The first-order valence-corrected chi connectivity index (χ1v) is 10.3. The monoisotopic (exact) mass is 381 g/mol. The second-order valence-corrected chi connectivity index (χ2v) is 8.59. The van der Waals surface area contributed by atoms with E-state index >= 15 is 0 Å². The van der Waals surface area contributed by atoms with Crippen molar-refractivity contribution in [2.24, 2.45) is 7.05 Å². The van der Waals surface area contributed by atoms with Crippen LogP contribution in [0.3, 0.4) is 0 Å². The first-order chi connectivity index (χ1) is 13.5. The molecule has 2 aromatic rings. The highest BCUT2D eigenvalue weighted by Crippen LogP contribution is 2.43. The maximum Gasteiger partial charge on any atom is 0.254 e. The molecule has 3 heterocycles. The number of aromatic nitrogens is 2. The average molecular weight is 381 g/mol. The number of aliphatic hydroxyl groups is 1. The van der Waals surface area contributed by atoms with Gasteiger partial charge in [0.05, 0.1) is 6.20 Å². The molecule has 1 saturated heterocycles. The van der Waals surface area contributed by atoms with Crippen LogP contribution in [-0.4, -0.2) is 44.4 Å². The fourth-order valence-electron chi connectivity index (χ4n) is 5.20. The van der Waals surface area contributed by atoms with E-state index in [0.717, 1.165) is 37.7 Å². The topological polar surface area (TPSA) is 67.6 Å². The van der Waals surface area contributed by atoms with Crippen molar-refractivity contribution in [1.29, 1.82) is 0 Å². The van der Waals surface area contributed by atoms with E-state index < -0.39 is 11.7 Å². The molecule has 6 heteroatoms. The van der Waals surface area contributed by atoms with Crippen molar-refractivity contribution >= 4 is 5.91 Å². The number of amides is 1. The standard InChI is InChI=1S/C22H27N3O3/c1-14-6-7-17(16-5-3-4-15(14)16)21(27)25-10-8-22(9-11-25)12-18(26)20-19(28-22)13-24(2)23-20/h6-7,13,18,26H,3-5,8-12H2,1-2H3. The summed E-state index contributed by atoms with van der Waals surface area (Å²) in [5, 5.41) is 14.9. The maximum absolute atomic E-state index is 13.2. The van der Waals surface area contributed by atoms with Gasteiger partial charge in [-0.1, -0.05) is 6.07 Å². The van der Waals surface area contributed by atoms with Crippen molar-refractivity contribution in [3.8, 4) is 5.75 Å². The third-order valence-corrected chi connectivity index (χ3v) is 6.74. The van der Waals surface area contributed by atoms with Crippen molar-refractivity contribution in [2.45, 2.75) is 57.2 Å². The highest BCUT2D eigenvalue weighted by Gasteiger charge is 2.45. The lowest BCUT2D eigenvalue weighted by atomic mass is 9.83. The molecule has 5 rings (SSSR count). The van der Waals surface area contributed by atoms with Gasteiger partial charge in [-0.3, -0.25) is 9.48 Å². The van der Waals surface area contributed by atoms with Gasteiger partial charge < -0.3 is 14.7 Å². The quantitative estimate of drug-likeness (QED) is 0.825. The molecule has 1 unspecified atom stereocenters. The number of ether oxygens (including phenoxy) is 1. The molecule has 1 aromatic heterocycles. The lowest BCUT2D eigenvalue weighted by Crippen LogP contribution is -2.51. The predicted octanol–water partition coefficient (Wildman–Crippen LogP) is 2.71. The normalized spacial score (nSPS) is 22.7. The zero-order valence-electron chi connectivity index (χ0n) is 16.6. The summed E-state index contributed by atoms with van der Waals surface area (Å²) in [5.41, 5.74) is 5.05. The number of aliphatic hydroxyl groups excluding tert-OH is 1. The predicted molar refractivity (Wildman–Crippen MR) is 104 cm³/mol. The number of aryl methyl sites for hydroxylation is 2. The summed E-state index contributed by atoms with van der Waals surface area (Å²) in [6.07, 6.45) is 6.47. The van der Waals surface area contributed by atoms with E-state index in [4.69, 9.17) is 4.74 Å². The molecule has 1 aliphatic carbocycles. The number of likely N-dealkylation sites (tertiary alicyclic amines) is 1. The van der Waals surface area contributed by atoms with Crippen LogP contribution in [0, 0.1) is 6.92 Å².